The molecule has 2 N–H and O–H groups in total. The van der Waals surface area contributed by atoms with E-state index in [2.05, 4.69) is 15.6 Å². The van der Waals surface area contributed by atoms with Gasteiger partial charge in [0, 0.05) is 34.8 Å². The van der Waals surface area contributed by atoms with Crippen LogP contribution in [-0.2, 0) is 15.9 Å². The number of thiophene rings is 1. The lowest BCUT2D eigenvalue weighted by Gasteiger charge is -2.35. The molecule has 0 aliphatic carbocycles. The van der Waals surface area contributed by atoms with Crippen molar-refractivity contribution in [3.63, 3.8) is 0 Å². The molecule has 1 atom stereocenters. The highest BCUT2D eigenvalue weighted by Gasteiger charge is 2.34. The van der Waals surface area contributed by atoms with Gasteiger partial charge in [0.2, 0.25) is 0 Å². The maximum Gasteiger partial charge on any atom is 0.413 e. The summed E-state index contributed by atoms with van der Waals surface area (Å²) >= 11 is 7.68. The van der Waals surface area contributed by atoms with Crippen LogP contribution in [0.15, 0.2) is 36.5 Å². The van der Waals surface area contributed by atoms with Crippen molar-refractivity contribution in [1.82, 2.24) is 9.88 Å². The van der Waals surface area contributed by atoms with E-state index in [-0.39, 0.29) is 61.1 Å². The molecule has 0 saturated heterocycles. The molecule has 2 aromatic heterocycles. The number of rotatable bonds is 5. The highest BCUT2D eigenvalue weighted by Crippen LogP contribution is 2.46. The van der Waals surface area contributed by atoms with Gasteiger partial charge in [-0.1, -0.05) is 23.7 Å². The van der Waals surface area contributed by atoms with Crippen LogP contribution in [0.3, 0.4) is 0 Å². The summed E-state index contributed by atoms with van der Waals surface area (Å²) in [6.07, 6.45) is 0.203. The number of pyridine rings is 1. The number of halogens is 3. The number of hydrogen-bond donors (Lipinski definition) is 2. The van der Waals surface area contributed by atoms with Gasteiger partial charge < -0.3 is 14.4 Å². The van der Waals surface area contributed by atoms with Crippen LogP contribution in [0.1, 0.15) is 81.6 Å². The van der Waals surface area contributed by atoms with E-state index in [0.29, 0.717) is 11.1 Å². The quantitative estimate of drug-likeness (QED) is 0.211. The molecule has 1 aliphatic rings. The van der Waals surface area contributed by atoms with Crippen molar-refractivity contribution in [2.45, 2.75) is 72.1 Å². The van der Waals surface area contributed by atoms with Crippen molar-refractivity contribution < 1.29 is 32.6 Å². The number of benzene rings is 2. The van der Waals surface area contributed by atoms with E-state index >= 15 is 8.78 Å². The van der Waals surface area contributed by atoms with Gasteiger partial charge in [-0.2, -0.15) is 5.26 Å². The zero-order valence-corrected chi connectivity index (χ0v) is 29.5. The Morgan fingerprint density at radius 1 is 1.04 bits per heavy atom. The van der Waals surface area contributed by atoms with Gasteiger partial charge >= 0.3 is 12.2 Å². The van der Waals surface area contributed by atoms with Gasteiger partial charge in [-0.05, 0) is 84.2 Å². The second kappa shape index (κ2) is 13.2. The van der Waals surface area contributed by atoms with Gasteiger partial charge in [0.15, 0.2) is 0 Å². The smallest absolute Gasteiger partial charge is 0.413 e. The molecule has 4 aromatic rings. The van der Waals surface area contributed by atoms with Crippen LogP contribution in [0, 0.1) is 23.0 Å². The lowest BCUT2D eigenvalue weighted by atomic mass is 9.90. The van der Waals surface area contributed by atoms with Crippen molar-refractivity contribution in [1.29, 1.82) is 5.26 Å². The molecule has 0 saturated carbocycles. The second-order valence-electron chi connectivity index (χ2n) is 13.4. The monoisotopic (exact) mass is 709 g/mol. The molecule has 3 amide bonds. The van der Waals surface area contributed by atoms with E-state index < -0.39 is 47.0 Å². The van der Waals surface area contributed by atoms with Crippen LogP contribution in [0.4, 0.5) is 29.2 Å². The summed E-state index contributed by atoms with van der Waals surface area (Å²) in [5.74, 6) is -1.81. The first kappa shape index (κ1) is 35.5. The number of fused-ring (bicyclic) bond motifs is 2. The Morgan fingerprint density at radius 2 is 1.69 bits per heavy atom. The Balaban J connectivity index is 1.52. The standard InChI is InChI=1S/C35H34ClF2N5O5S/c1-17(18-9-8-13-40-29(18)41-32(45)47-34(2,3)4)43-14-12-19-21(31(43)44)15-24(38)26(27(19)36)20-10-11-23(37)28-25(20)22(16-39)30(49-28)42-33(46)48-35(5,6)7/h8-11,13,15,17H,12,14H2,1-7H3,(H,42,46)(H,40,41,45). The van der Waals surface area contributed by atoms with E-state index in [9.17, 15) is 19.6 Å². The third kappa shape index (κ3) is 7.30. The van der Waals surface area contributed by atoms with Crippen molar-refractivity contribution in [3.8, 4) is 17.2 Å². The lowest BCUT2D eigenvalue weighted by molar-refractivity contribution is 0.0623. The average Bonchev–Trinajstić information content (AvgIpc) is 3.35. The maximum absolute atomic E-state index is 16.2. The molecule has 5 rings (SSSR count). The summed E-state index contributed by atoms with van der Waals surface area (Å²) in [5.41, 5.74) is -0.646. The molecule has 14 heteroatoms. The molecule has 256 valence electrons. The third-order valence-electron chi connectivity index (χ3n) is 7.58. The van der Waals surface area contributed by atoms with E-state index in [1.807, 2.05) is 6.07 Å². The fraction of sp³-hybridized carbons (Fsp3) is 0.343. The third-order valence-corrected chi connectivity index (χ3v) is 9.11. The van der Waals surface area contributed by atoms with Crippen LogP contribution in [-0.4, -0.2) is 45.7 Å². The Labute approximate surface area is 291 Å². The van der Waals surface area contributed by atoms with E-state index in [0.717, 1.165) is 23.5 Å². The second-order valence-corrected chi connectivity index (χ2v) is 14.8. The highest BCUT2D eigenvalue weighted by atomic mass is 35.5. The molecule has 2 aromatic carbocycles. The van der Waals surface area contributed by atoms with Crippen LogP contribution in [0.25, 0.3) is 21.2 Å². The van der Waals surface area contributed by atoms with Gasteiger partial charge in [-0.3, -0.25) is 15.4 Å². The summed E-state index contributed by atoms with van der Waals surface area (Å²) in [5, 5.41) is 15.3. The molecule has 0 fully saturated rings. The summed E-state index contributed by atoms with van der Waals surface area (Å²) < 4.78 is 42.0. The number of hydrogen-bond acceptors (Lipinski definition) is 8. The molecule has 10 nitrogen and oxygen atoms in total. The fourth-order valence-corrected chi connectivity index (χ4v) is 7.06. The Bertz CT molecular complexity index is 2050. The number of aromatic nitrogens is 1. The predicted molar refractivity (Wildman–Crippen MR) is 184 cm³/mol. The minimum atomic E-state index is -0.857. The highest BCUT2D eigenvalue weighted by molar-refractivity contribution is 7.23. The van der Waals surface area contributed by atoms with Crippen molar-refractivity contribution >= 4 is 61.9 Å². The molecule has 1 aliphatic heterocycles. The van der Waals surface area contributed by atoms with Crippen LogP contribution < -0.4 is 10.6 Å². The number of amides is 3. The lowest BCUT2D eigenvalue weighted by Crippen LogP contribution is -2.40. The number of nitrogens with zero attached hydrogens (tertiary/aromatic N) is 3. The van der Waals surface area contributed by atoms with Crippen LogP contribution in [0.5, 0.6) is 0 Å². The molecule has 49 heavy (non-hydrogen) atoms. The van der Waals surface area contributed by atoms with E-state index in [4.69, 9.17) is 21.1 Å². The maximum atomic E-state index is 16.2. The summed E-state index contributed by atoms with van der Waals surface area (Å²) in [6.45, 7) is 12.2. The summed E-state index contributed by atoms with van der Waals surface area (Å²) in [7, 11) is 0. The molecule has 3 heterocycles. The molecule has 1 unspecified atom stereocenters. The van der Waals surface area contributed by atoms with Crippen LogP contribution >= 0.6 is 22.9 Å². The minimum absolute atomic E-state index is 0.0108. The number of nitriles is 1. The normalized spacial score (nSPS) is 13.8. The predicted octanol–water partition coefficient (Wildman–Crippen LogP) is 9.22. The summed E-state index contributed by atoms with van der Waals surface area (Å²) in [6, 6.07) is 8.36. The number of ether oxygens (including phenoxy) is 2. The zero-order valence-electron chi connectivity index (χ0n) is 27.9. The SMILES string of the molecule is CC(c1cccnc1NC(=O)OC(C)(C)C)N1CCc2c(cc(F)c(-c3ccc(F)c4sc(NC(=O)OC(C)(C)C)c(C#N)c34)c2Cl)C1=O. The first-order valence-electron chi connectivity index (χ1n) is 15.3. The first-order valence-corrected chi connectivity index (χ1v) is 16.5. The van der Waals surface area contributed by atoms with Gasteiger partial charge in [0.1, 0.15) is 39.7 Å². The minimum Gasteiger partial charge on any atom is -0.444 e. The molecule has 0 radical (unpaired) electrons. The number of anilines is 2. The number of carbonyl (C=O) groups excluding carboxylic acids is 3. The topological polar surface area (TPSA) is 134 Å². The summed E-state index contributed by atoms with van der Waals surface area (Å²) in [4.78, 5) is 44.7. The van der Waals surface area contributed by atoms with Gasteiger partial charge in [0.05, 0.1) is 21.3 Å². The van der Waals surface area contributed by atoms with Gasteiger partial charge in [-0.15, -0.1) is 11.3 Å². The van der Waals surface area contributed by atoms with Crippen molar-refractivity contribution in [2.75, 3.05) is 17.2 Å². The van der Waals surface area contributed by atoms with Crippen LogP contribution in [0.2, 0.25) is 5.02 Å². The Morgan fingerprint density at radius 3 is 2.33 bits per heavy atom. The van der Waals surface area contributed by atoms with E-state index in [1.54, 1.807) is 60.6 Å². The largest absolute Gasteiger partial charge is 0.444 e. The van der Waals surface area contributed by atoms with Gasteiger partial charge in [0.25, 0.3) is 5.91 Å². The molecular formula is C35H34ClF2N5O5S. The van der Waals surface area contributed by atoms with Crippen molar-refractivity contribution in [3.05, 3.63) is 75.4 Å². The number of carbonyl (C=O) groups is 3. The van der Waals surface area contributed by atoms with E-state index in [1.165, 1.54) is 17.2 Å². The Kier molecular flexibility index (Phi) is 9.60. The fourth-order valence-electron chi connectivity index (χ4n) is 5.60. The number of nitrogens with one attached hydrogen (secondary N) is 2. The van der Waals surface area contributed by atoms with Gasteiger partial charge in [-0.25, -0.2) is 23.4 Å². The molecule has 0 bridgehead atoms. The first-order chi connectivity index (χ1) is 22.9. The van der Waals surface area contributed by atoms with Crippen molar-refractivity contribution in [2.24, 2.45) is 0 Å². The molecule has 0 spiro atoms. The zero-order chi connectivity index (χ0) is 36.0. The molecular weight excluding hydrogens is 676 g/mol. The average molecular weight is 710 g/mol. The Hall–Kier alpha value is -4.80.